The summed E-state index contributed by atoms with van der Waals surface area (Å²) in [6.07, 6.45) is 7.29. The van der Waals surface area contributed by atoms with Crippen LogP contribution < -0.4 is 5.73 Å². The second-order valence-electron chi connectivity index (χ2n) is 4.72. The molecule has 2 aromatic rings. The van der Waals surface area contributed by atoms with Crippen LogP contribution in [0.3, 0.4) is 0 Å². The number of nitrogen functional groups attached to an aromatic ring is 1. The van der Waals surface area contributed by atoms with Gasteiger partial charge in [-0.05, 0) is 31.9 Å². The molecule has 0 aromatic carbocycles. The normalized spacial score (nSPS) is 17.3. The monoisotopic (exact) mass is 215 g/mol. The molecule has 3 nitrogen and oxygen atoms in total. The zero-order chi connectivity index (χ0) is 11.1. The van der Waals surface area contributed by atoms with Gasteiger partial charge in [-0.2, -0.15) is 0 Å². The maximum absolute atomic E-state index is 6.01. The molecule has 0 unspecified atom stereocenters. The summed E-state index contributed by atoms with van der Waals surface area (Å²) in [6.45, 7) is 2.05. The summed E-state index contributed by atoms with van der Waals surface area (Å²) in [6, 6.07) is 3.95. The van der Waals surface area contributed by atoms with Gasteiger partial charge in [-0.3, -0.25) is 0 Å². The highest BCUT2D eigenvalue weighted by molar-refractivity contribution is 5.72. The molecule has 1 aliphatic rings. The minimum absolute atomic E-state index is 0.628. The molecule has 2 heterocycles. The summed E-state index contributed by atoms with van der Waals surface area (Å²) in [4.78, 5) is 4.72. The minimum Gasteiger partial charge on any atom is -0.397 e. The molecular weight excluding hydrogens is 198 g/mol. The second kappa shape index (κ2) is 3.51. The van der Waals surface area contributed by atoms with E-state index in [1.54, 1.807) is 0 Å². The highest BCUT2D eigenvalue weighted by atomic mass is 15.0. The summed E-state index contributed by atoms with van der Waals surface area (Å²) < 4.78 is 2.18. The van der Waals surface area contributed by atoms with E-state index in [9.17, 15) is 0 Å². The van der Waals surface area contributed by atoms with Gasteiger partial charge < -0.3 is 10.1 Å². The predicted molar refractivity (Wildman–Crippen MR) is 65.6 cm³/mol. The van der Waals surface area contributed by atoms with Gasteiger partial charge in [-0.1, -0.05) is 12.8 Å². The molecular formula is C13H17N3. The molecule has 0 aliphatic heterocycles. The number of imidazole rings is 1. The van der Waals surface area contributed by atoms with E-state index >= 15 is 0 Å². The number of nitrogens with two attached hydrogens (primary N) is 1. The van der Waals surface area contributed by atoms with Crippen molar-refractivity contribution < 1.29 is 0 Å². The Bertz CT molecular complexity index is 521. The average molecular weight is 215 g/mol. The first-order chi connectivity index (χ1) is 7.77. The zero-order valence-corrected chi connectivity index (χ0v) is 9.61. The molecule has 1 aliphatic carbocycles. The van der Waals surface area contributed by atoms with Crippen molar-refractivity contribution in [2.75, 3.05) is 5.73 Å². The second-order valence-corrected chi connectivity index (χ2v) is 4.72. The zero-order valence-electron chi connectivity index (χ0n) is 9.61. The summed E-state index contributed by atoms with van der Waals surface area (Å²) in [7, 11) is 0. The highest BCUT2D eigenvalue weighted by Gasteiger charge is 2.22. The van der Waals surface area contributed by atoms with Gasteiger partial charge in [-0.15, -0.1) is 0 Å². The molecule has 0 atom stereocenters. The lowest BCUT2D eigenvalue weighted by Gasteiger charge is -2.08. The van der Waals surface area contributed by atoms with Crippen LogP contribution in [-0.4, -0.2) is 9.38 Å². The van der Waals surface area contributed by atoms with Crippen LogP contribution in [0.4, 0.5) is 5.69 Å². The molecule has 2 N–H and O–H groups in total. The van der Waals surface area contributed by atoms with Crippen LogP contribution in [-0.2, 0) is 0 Å². The van der Waals surface area contributed by atoms with Gasteiger partial charge in [0.1, 0.15) is 5.82 Å². The third-order valence-corrected chi connectivity index (χ3v) is 3.62. The van der Waals surface area contributed by atoms with Crippen molar-refractivity contribution in [1.29, 1.82) is 0 Å². The number of nitrogens with zero attached hydrogens (tertiary/aromatic N) is 2. The number of fused-ring (bicyclic) bond motifs is 1. The minimum atomic E-state index is 0.628. The first-order valence-electron chi connectivity index (χ1n) is 6.00. The van der Waals surface area contributed by atoms with Crippen LogP contribution in [0.5, 0.6) is 0 Å². The molecule has 2 aromatic heterocycles. The van der Waals surface area contributed by atoms with E-state index in [1.165, 1.54) is 31.5 Å². The van der Waals surface area contributed by atoms with E-state index < -0.39 is 0 Å². The molecule has 0 saturated heterocycles. The van der Waals surface area contributed by atoms with Crippen molar-refractivity contribution in [3.63, 3.8) is 0 Å². The van der Waals surface area contributed by atoms with Gasteiger partial charge in [0.2, 0.25) is 0 Å². The molecule has 0 spiro atoms. The van der Waals surface area contributed by atoms with Crippen molar-refractivity contribution in [1.82, 2.24) is 9.38 Å². The van der Waals surface area contributed by atoms with Crippen molar-refractivity contribution in [3.8, 4) is 0 Å². The number of hydrogen-bond donors (Lipinski definition) is 1. The van der Waals surface area contributed by atoms with E-state index in [0.29, 0.717) is 5.92 Å². The van der Waals surface area contributed by atoms with E-state index in [4.69, 9.17) is 10.7 Å². The van der Waals surface area contributed by atoms with E-state index in [-0.39, 0.29) is 0 Å². The van der Waals surface area contributed by atoms with E-state index in [1.807, 2.05) is 19.1 Å². The number of rotatable bonds is 1. The molecule has 1 fully saturated rings. The van der Waals surface area contributed by atoms with E-state index in [2.05, 4.69) is 10.6 Å². The first-order valence-corrected chi connectivity index (χ1v) is 6.00. The molecule has 0 radical (unpaired) electrons. The topological polar surface area (TPSA) is 43.3 Å². The van der Waals surface area contributed by atoms with Crippen molar-refractivity contribution >= 4 is 11.2 Å². The molecule has 1 saturated carbocycles. The Kier molecular flexibility index (Phi) is 2.13. The number of aryl methyl sites for hydroxylation is 1. The lowest BCUT2D eigenvalue weighted by molar-refractivity contribution is 0.664. The van der Waals surface area contributed by atoms with Crippen LogP contribution in [0, 0.1) is 6.92 Å². The summed E-state index contributed by atoms with van der Waals surface area (Å²) in [5, 5.41) is 0. The lowest BCUT2D eigenvalue weighted by Crippen LogP contribution is -2.00. The molecule has 3 rings (SSSR count). The van der Waals surface area contributed by atoms with Gasteiger partial charge in [0.15, 0.2) is 0 Å². The first kappa shape index (κ1) is 9.70. The molecule has 0 amide bonds. The fourth-order valence-electron chi connectivity index (χ4n) is 2.85. The van der Waals surface area contributed by atoms with Crippen LogP contribution in [0.2, 0.25) is 0 Å². The number of anilines is 1. The Morgan fingerprint density at radius 2 is 2.12 bits per heavy atom. The van der Waals surface area contributed by atoms with E-state index in [0.717, 1.165) is 16.9 Å². The summed E-state index contributed by atoms with van der Waals surface area (Å²) in [5.41, 5.74) is 8.98. The Labute approximate surface area is 95.3 Å². The smallest absolute Gasteiger partial charge is 0.116 e. The third kappa shape index (κ3) is 1.31. The fraction of sp³-hybridized carbons (Fsp3) is 0.462. The van der Waals surface area contributed by atoms with Gasteiger partial charge in [0, 0.05) is 12.1 Å². The van der Waals surface area contributed by atoms with Gasteiger partial charge in [0.25, 0.3) is 0 Å². The third-order valence-electron chi connectivity index (χ3n) is 3.62. The fourth-order valence-corrected chi connectivity index (χ4v) is 2.85. The highest BCUT2D eigenvalue weighted by Crippen LogP contribution is 2.35. The maximum atomic E-state index is 6.01. The van der Waals surface area contributed by atoms with Crippen molar-refractivity contribution in [2.45, 2.75) is 38.5 Å². The maximum Gasteiger partial charge on any atom is 0.116 e. The van der Waals surface area contributed by atoms with Gasteiger partial charge in [-0.25, -0.2) is 4.98 Å². The van der Waals surface area contributed by atoms with Crippen molar-refractivity contribution in [2.24, 2.45) is 0 Å². The van der Waals surface area contributed by atoms with Crippen molar-refractivity contribution in [3.05, 3.63) is 29.8 Å². The van der Waals surface area contributed by atoms with Crippen LogP contribution in [0.15, 0.2) is 18.3 Å². The van der Waals surface area contributed by atoms with Gasteiger partial charge in [0.05, 0.1) is 16.9 Å². The quantitative estimate of drug-likeness (QED) is 0.794. The Hall–Kier alpha value is -1.51. The number of hydrogen-bond acceptors (Lipinski definition) is 2. The average Bonchev–Trinajstić information content (AvgIpc) is 2.86. The van der Waals surface area contributed by atoms with Gasteiger partial charge >= 0.3 is 0 Å². The summed E-state index contributed by atoms with van der Waals surface area (Å²) >= 11 is 0. The standard InChI is InChI=1S/C13H17N3/c1-9-12-11(14)7-4-8-16(12)13(15-9)10-5-2-3-6-10/h4,7-8,10H,2-3,5-6,14H2,1H3. The Morgan fingerprint density at radius 3 is 2.88 bits per heavy atom. The van der Waals surface area contributed by atoms with Crippen LogP contribution >= 0.6 is 0 Å². The Balaban J connectivity index is 2.22. The summed E-state index contributed by atoms with van der Waals surface area (Å²) in [5.74, 6) is 1.83. The SMILES string of the molecule is Cc1nc(C2CCCC2)n2cccc(N)c12. The molecule has 3 heteroatoms. The van der Waals surface area contributed by atoms with Crippen LogP contribution in [0.1, 0.15) is 43.1 Å². The predicted octanol–water partition coefficient (Wildman–Crippen LogP) is 2.88. The molecule has 16 heavy (non-hydrogen) atoms. The number of pyridine rings is 1. The lowest BCUT2D eigenvalue weighted by atomic mass is 10.1. The Morgan fingerprint density at radius 1 is 1.38 bits per heavy atom. The molecule has 84 valence electrons. The molecule has 0 bridgehead atoms. The largest absolute Gasteiger partial charge is 0.397 e. The van der Waals surface area contributed by atoms with Crippen LogP contribution in [0.25, 0.3) is 5.52 Å². The number of aromatic nitrogens is 2.